The van der Waals surface area contributed by atoms with Crippen molar-refractivity contribution >= 4 is 17.3 Å². The van der Waals surface area contributed by atoms with Crippen molar-refractivity contribution in [2.45, 2.75) is 51.1 Å². The zero-order valence-electron chi connectivity index (χ0n) is 14.0. The number of nitrogens with one attached hydrogen (secondary N) is 2. The molecule has 0 atom stereocenters. The molecule has 1 heterocycles. The molecule has 1 aromatic rings. The molecule has 4 nitrogen and oxygen atoms in total. The molecule has 0 aromatic carbocycles. The van der Waals surface area contributed by atoms with Gasteiger partial charge in [0.15, 0.2) is 5.96 Å². The Hall–Kier alpha value is -1.07. The Bertz CT molecular complexity index is 424. The van der Waals surface area contributed by atoms with E-state index in [0.29, 0.717) is 0 Å². The Morgan fingerprint density at radius 2 is 2.14 bits per heavy atom. The van der Waals surface area contributed by atoms with Gasteiger partial charge in [0, 0.05) is 26.2 Å². The third-order valence-corrected chi connectivity index (χ3v) is 5.17. The predicted octanol–water partition coefficient (Wildman–Crippen LogP) is 3.07. The zero-order chi connectivity index (χ0) is 15.6. The third-order valence-electron chi connectivity index (χ3n) is 4.44. The first-order valence-corrected chi connectivity index (χ1v) is 9.39. The summed E-state index contributed by atoms with van der Waals surface area (Å²) < 4.78 is 0. The Labute approximate surface area is 139 Å². The van der Waals surface area contributed by atoms with E-state index in [0.717, 1.165) is 31.5 Å². The molecule has 1 aliphatic rings. The van der Waals surface area contributed by atoms with Crippen LogP contribution < -0.4 is 10.6 Å². The van der Waals surface area contributed by atoms with E-state index in [2.05, 4.69) is 44.4 Å². The summed E-state index contributed by atoms with van der Waals surface area (Å²) in [6.07, 6.45) is 8.17. The first-order valence-electron chi connectivity index (χ1n) is 8.45. The number of hydrogen-bond donors (Lipinski definition) is 2. The molecule has 22 heavy (non-hydrogen) atoms. The van der Waals surface area contributed by atoms with Crippen molar-refractivity contribution in [3.63, 3.8) is 0 Å². The fourth-order valence-electron chi connectivity index (χ4n) is 3.04. The lowest BCUT2D eigenvalue weighted by atomic mass is 9.94. The summed E-state index contributed by atoms with van der Waals surface area (Å²) in [4.78, 5) is 6.82. The van der Waals surface area contributed by atoms with Crippen LogP contribution in [-0.4, -0.2) is 44.1 Å². The van der Waals surface area contributed by atoms with Gasteiger partial charge in [0.2, 0.25) is 0 Å². The quantitative estimate of drug-likeness (QED) is 0.460. The van der Waals surface area contributed by atoms with Crippen LogP contribution in [0.25, 0.3) is 0 Å². The number of hydrogen-bond acceptors (Lipinski definition) is 3. The van der Waals surface area contributed by atoms with E-state index in [4.69, 9.17) is 0 Å². The number of rotatable bonds is 7. The van der Waals surface area contributed by atoms with Crippen LogP contribution in [0.3, 0.4) is 0 Å². The maximum Gasteiger partial charge on any atom is 0.191 e. The molecule has 0 spiro atoms. The monoisotopic (exact) mass is 322 g/mol. The fraction of sp³-hybridized carbons (Fsp3) is 0.706. The molecule has 1 fully saturated rings. The highest BCUT2D eigenvalue weighted by atomic mass is 32.1. The van der Waals surface area contributed by atoms with Crippen LogP contribution in [0.15, 0.2) is 21.8 Å². The van der Waals surface area contributed by atoms with Crippen LogP contribution in [0.1, 0.15) is 44.1 Å². The minimum Gasteiger partial charge on any atom is -0.356 e. The summed E-state index contributed by atoms with van der Waals surface area (Å²) in [6, 6.07) is 2.95. The highest BCUT2D eigenvalue weighted by molar-refractivity contribution is 7.07. The SMILES string of the molecule is CN=C(NCCCN(C)C1CCCCC1)NCc1ccsc1. The normalized spacial score (nSPS) is 17.0. The van der Waals surface area contributed by atoms with E-state index in [-0.39, 0.29) is 0 Å². The Morgan fingerprint density at radius 1 is 1.32 bits per heavy atom. The first-order chi connectivity index (χ1) is 10.8. The molecule has 0 bridgehead atoms. The molecular formula is C17H30N4S. The molecule has 1 saturated carbocycles. The van der Waals surface area contributed by atoms with E-state index in [1.54, 1.807) is 11.3 Å². The van der Waals surface area contributed by atoms with E-state index in [9.17, 15) is 0 Å². The molecule has 1 aliphatic carbocycles. The molecule has 0 aliphatic heterocycles. The minimum absolute atomic E-state index is 0.810. The van der Waals surface area contributed by atoms with Gasteiger partial charge in [-0.3, -0.25) is 4.99 Å². The fourth-order valence-corrected chi connectivity index (χ4v) is 3.71. The largest absolute Gasteiger partial charge is 0.356 e. The molecule has 0 amide bonds. The Morgan fingerprint density at radius 3 is 2.82 bits per heavy atom. The zero-order valence-corrected chi connectivity index (χ0v) is 14.8. The third kappa shape index (κ3) is 5.97. The lowest BCUT2D eigenvalue weighted by Gasteiger charge is -2.31. The van der Waals surface area contributed by atoms with Gasteiger partial charge in [0.25, 0.3) is 0 Å². The average molecular weight is 323 g/mol. The maximum absolute atomic E-state index is 4.28. The van der Waals surface area contributed by atoms with E-state index in [1.807, 2.05) is 7.05 Å². The van der Waals surface area contributed by atoms with Crippen LogP contribution in [-0.2, 0) is 6.54 Å². The van der Waals surface area contributed by atoms with E-state index in [1.165, 1.54) is 44.2 Å². The van der Waals surface area contributed by atoms with E-state index < -0.39 is 0 Å². The molecule has 124 valence electrons. The van der Waals surface area contributed by atoms with Gasteiger partial charge in [0.05, 0.1) is 0 Å². The summed E-state index contributed by atoms with van der Waals surface area (Å²) in [5.41, 5.74) is 1.31. The minimum atomic E-state index is 0.810. The molecule has 2 rings (SSSR count). The summed E-state index contributed by atoms with van der Waals surface area (Å²) in [5.74, 6) is 0.895. The predicted molar refractivity (Wildman–Crippen MR) is 96.6 cm³/mol. The lowest BCUT2D eigenvalue weighted by Crippen LogP contribution is -2.39. The van der Waals surface area contributed by atoms with Gasteiger partial charge in [-0.25, -0.2) is 0 Å². The van der Waals surface area contributed by atoms with Gasteiger partial charge >= 0.3 is 0 Å². The number of aliphatic imine (C=N–C) groups is 1. The van der Waals surface area contributed by atoms with Crippen LogP contribution in [0.5, 0.6) is 0 Å². The van der Waals surface area contributed by atoms with Crippen molar-refractivity contribution < 1.29 is 0 Å². The van der Waals surface area contributed by atoms with Gasteiger partial charge in [-0.05, 0) is 55.2 Å². The Balaban J connectivity index is 1.58. The Kier molecular flexibility index (Phi) is 7.74. The van der Waals surface area contributed by atoms with Gasteiger partial charge in [0.1, 0.15) is 0 Å². The van der Waals surface area contributed by atoms with Crippen molar-refractivity contribution in [2.24, 2.45) is 4.99 Å². The molecule has 0 saturated heterocycles. The van der Waals surface area contributed by atoms with Gasteiger partial charge in [-0.2, -0.15) is 11.3 Å². The summed E-state index contributed by atoms with van der Waals surface area (Å²) in [5, 5.41) is 11.0. The second-order valence-corrected chi connectivity index (χ2v) is 6.89. The van der Waals surface area contributed by atoms with E-state index >= 15 is 0 Å². The molecular weight excluding hydrogens is 292 g/mol. The maximum atomic E-state index is 4.28. The topological polar surface area (TPSA) is 39.7 Å². The van der Waals surface area contributed by atoms with Gasteiger partial charge < -0.3 is 15.5 Å². The van der Waals surface area contributed by atoms with Crippen molar-refractivity contribution in [3.8, 4) is 0 Å². The smallest absolute Gasteiger partial charge is 0.191 e. The average Bonchev–Trinajstić information content (AvgIpc) is 3.08. The second kappa shape index (κ2) is 9.85. The highest BCUT2D eigenvalue weighted by Gasteiger charge is 2.17. The molecule has 0 unspecified atom stereocenters. The molecule has 5 heteroatoms. The van der Waals surface area contributed by atoms with Crippen LogP contribution in [0.2, 0.25) is 0 Å². The van der Waals surface area contributed by atoms with Crippen molar-refractivity contribution in [1.82, 2.24) is 15.5 Å². The van der Waals surface area contributed by atoms with Crippen LogP contribution >= 0.6 is 11.3 Å². The second-order valence-electron chi connectivity index (χ2n) is 6.11. The lowest BCUT2D eigenvalue weighted by molar-refractivity contribution is 0.190. The summed E-state index contributed by atoms with van der Waals surface area (Å²) in [6.45, 7) is 2.98. The number of nitrogens with zero attached hydrogens (tertiary/aromatic N) is 2. The van der Waals surface area contributed by atoms with Crippen molar-refractivity contribution in [3.05, 3.63) is 22.4 Å². The summed E-state index contributed by atoms with van der Waals surface area (Å²) >= 11 is 1.73. The van der Waals surface area contributed by atoms with Crippen molar-refractivity contribution in [2.75, 3.05) is 27.2 Å². The first kappa shape index (κ1) is 17.3. The van der Waals surface area contributed by atoms with Crippen LogP contribution in [0, 0.1) is 0 Å². The number of guanidine groups is 1. The van der Waals surface area contributed by atoms with Crippen LogP contribution in [0.4, 0.5) is 0 Å². The number of thiophene rings is 1. The van der Waals surface area contributed by atoms with Gasteiger partial charge in [-0.15, -0.1) is 0 Å². The molecule has 0 radical (unpaired) electrons. The highest BCUT2D eigenvalue weighted by Crippen LogP contribution is 2.21. The van der Waals surface area contributed by atoms with Gasteiger partial charge in [-0.1, -0.05) is 19.3 Å². The standard InChI is InChI=1S/C17H30N4S/c1-18-17(20-13-15-9-12-22-14-15)19-10-6-11-21(2)16-7-4-3-5-8-16/h9,12,14,16H,3-8,10-11,13H2,1-2H3,(H2,18,19,20). The van der Waals surface area contributed by atoms with Crippen molar-refractivity contribution in [1.29, 1.82) is 0 Å². The molecule has 1 aromatic heterocycles. The summed E-state index contributed by atoms with van der Waals surface area (Å²) in [7, 11) is 4.11. The molecule has 2 N–H and O–H groups in total.